The number of hydrogen-bond acceptors (Lipinski definition) is 7. The van der Waals surface area contributed by atoms with Crippen LogP contribution in [0.1, 0.15) is 13.3 Å². The van der Waals surface area contributed by atoms with Crippen molar-refractivity contribution in [2.75, 3.05) is 16.6 Å². The normalized spacial score (nSPS) is 16.0. The molecule has 8 nitrogen and oxygen atoms in total. The third kappa shape index (κ3) is 2.99. The molecule has 0 amide bonds. The molecule has 140 valence electrons. The van der Waals surface area contributed by atoms with Gasteiger partial charge >= 0.3 is 5.97 Å². The predicted molar refractivity (Wildman–Crippen MR) is 98.2 cm³/mol. The minimum absolute atomic E-state index is 0.0441. The molecule has 27 heavy (non-hydrogen) atoms. The second-order valence-electron chi connectivity index (χ2n) is 6.14. The molecule has 0 unspecified atom stereocenters. The number of para-hydroxylation sites is 1. The number of anilines is 1. The summed E-state index contributed by atoms with van der Waals surface area (Å²) in [5, 5.41) is 11.5. The molecule has 0 radical (unpaired) electrons. The summed E-state index contributed by atoms with van der Waals surface area (Å²) in [7, 11) is -3.60. The van der Waals surface area contributed by atoms with Crippen LogP contribution in [0.4, 0.5) is 5.88 Å². The van der Waals surface area contributed by atoms with E-state index < -0.39 is 21.7 Å². The Hall–Kier alpha value is -3.07. The van der Waals surface area contributed by atoms with Gasteiger partial charge in [0.05, 0.1) is 11.3 Å². The van der Waals surface area contributed by atoms with Gasteiger partial charge in [0.15, 0.2) is 0 Å². The van der Waals surface area contributed by atoms with Crippen LogP contribution in [0.25, 0.3) is 22.4 Å². The molecule has 3 aromatic rings. The summed E-state index contributed by atoms with van der Waals surface area (Å²) in [5.41, 5.74) is 0.970. The number of nitrogens with zero attached hydrogens (tertiary/aromatic N) is 2. The molecule has 1 aliphatic rings. The van der Waals surface area contributed by atoms with Gasteiger partial charge in [-0.2, -0.15) is 0 Å². The second kappa shape index (κ2) is 6.27. The number of aromatic nitrogens is 1. The Labute approximate surface area is 155 Å². The molecule has 0 spiro atoms. The van der Waals surface area contributed by atoms with Gasteiger partial charge in [-0.25, -0.2) is 17.7 Å². The largest absolute Gasteiger partial charge is 0.501 e. The first-order valence-electron chi connectivity index (χ1n) is 8.27. The van der Waals surface area contributed by atoms with E-state index in [1.54, 1.807) is 18.2 Å². The zero-order valence-corrected chi connectivity index (χ0v) is 15.2. The standard InChI is InChI=1S/C18H16N2O6S/c1-11(21)25-17-15(22)16(26-18(17)20-9-4-10-27(20,23)24)14-8-7-12-5-2-3-6-13(12)19-14/h2-3,5-8,22H,4,9-10H2,1H3. The fraction of sp³-hybridized carbons (Fsp3) is 0.222. The number of hydrogen-bond donors (Lipinski definition) is 1. The number of esters is 1. The van der Waals surface area contributed by atoms with E-state index in [-0.39, 0.29) is 29.7 Å². The van der Waals surface area contributed by atoms with Gasteiger partial charge in [0, 0.05) is 18.9 Å². The number of furan rings is 1. The third-order valence-corrected chi connectivity index (χ3v) is 6.05. The number of fused-ring (bicyclic) bond motifs is 1. The summed E-state index contributed by atoms with van der Waals surface area (Å²) < 4.78 is 36.2. The minimum atomic E-state index is -3.60. The fourth-order valence-electron chi connectivity index (χ4n) is 3.03. The van der Waals surface area contributed by atoms with Crippen molar-refractivity contribution in [1.82, 2.24) is 4.98 Å². The lowest BCUT2D eigenvalue weighted by molar-refractivity contribution is -0.132. The van der Waals surface area contributed by atoms with Crippen LogP contribution in [0.3, 0.4) is 0 Å². The molecular weight excluding hydrogens is 372 g/mol. The van der Waals surface area contributed by atoms with E-state index in [1.807, 2.05) is 18.2 Å². The molecule has 0 aliphatic carbocycles. The molecular formula is C18H16N2O6S. The number of ether oxygens (including phenoxy) is 1. The lowest BCUT2D eigenvalue weighted by Gasteiger charge is -2.14. The number of rotatable bonds is 3. The van der Waals surface area contributed by atoms with Gasteiger partial charge in [0.25, 0.3) is 5.88 Å². The van der Waals surface area contributed by atoms with Crippen molar-refractivity contribution >= 4 is 32.8 Å². The van der Waals surface area contributed by atoms with Gasteiger partial charge in [-0.15, -0.1) is 0 Å². The summed E-state index contributed by atoms with van der Waals surface area (Å²) in [4.78, 5) is 15.9. The van der Waals surface area contributed by atoms with Crippen LogP contribution in [0.2, 0.25) is 0 Å². The van der Waals surface area contributed by atoms with E-state index in [0.717, 1.165) is 16.6 Å². The van der Waals surface area contributed by atoms with Crippen molar-refractivity contribution in [3.8, 4) is 23.0 Å². The number of pyridine rings is 1. The molecule has 1 aliphatic heterocycles. The van der Waals surface area contributed by atoms with Gasteiger partial charge in [0.1, 0.15) is 5.69 Å². The summed E-state index contributed by atoms with van der Waals surface area (Å²) >= 11 is 0. The van der Waals surface area contributed by atoms with E-state index in [9.17, 15) is 18.3 Å². The van der Waals surface area contributed by atoms with Crippen LogP contribution in [0.5, 0.6) is 11.5 Å². The highest BCUT2D eigenvalue weighted by atomic mass is 32.2. The highest BCUT2D eigenvalue weighted by Gasteiger charge is 2.37. The lowest BCUT2D eigenvalue weighted by atomic mass is 10.2. The first-order valence-corrected chi connectivity index (χ1v) is 9.88. The average molecular weight is 388 g/mol. The average Bonchev–Trinajstić information content (AvgIpc) is 3.13. The molecule has 0 saturated carbocycles. The Balaban J connectivity index is 1.89. The van der Waals surface area contributed by atoms with Crippen LogP contribution in [0.15, 0.2) is 40.8 Å². The van der Waals surface area contributed by atoms with Gasteiger partial charge in [-0.3, -0.25) is 4.79 Å². The van der Waals surface area contributed by atoms with E-state index in [1.165, 1.54) is 0 Å². The Morgan fingerprint density at radius 3 is 2.74 bits per heavy atom. The Morgan fingerprint density at radius 1 is 1.26 bits per heavy atom. The van der Waals surface area contributed by atoms with Crippen molar-refractivity contribution in [3.63, 3.8) is 0 Å². The topological polar surface area (TPSA) is 110 Å². The van der Waals surface area contributed by atoms with E-state index >= 15 is 0 Å². The highest BCUT2D eigenvalue weighted by Crippen LogP contribution is 2.49. The van der Waals surface area contributed by atoms with Crippen molar-refractivity contribution < 1.29 is 27.5 Å². The molecule has 1 N–H and O–H groups in total. The smallest absolute Gasteiger partial charge is 0.308 e. The monoisotopic (exact) mass is 388 g/mol. The maximum atomic E-state index is 12.3. The Bertz CT molecular complexity index is 1150. The number of benzene rings is 1. The molecule has 0 atom stereocenters. The van der Waals surface area contributed by atoms with Crippen LogP contribution in [-0.4, -0.2) is 36.8 Å². The van der Waals surface area contributed by atoms with Crippen molar-refractivity contribution in [2.45, 2.75) is 13.3 Å². The molecule has 1 saturated heterocycles. The fourth-order valence-corrected chi connectivity index (χ4v) is 4.52. The number of sulfonamides is 1. The van der Waals surface area contributed by atoms with Crippen LogP contribution in [0, 0.1) is 0 Å². The van der Waals surface area contributed by atoms with Gasteiger partial charge in [-0.05, 0) is 18.6 Å². The van der Waals surface area contributed by atoms with E-state index in [4.69, 9.17) is 9.15 Å². The third-order valence-electron chi connectivity index (χ3n) is 4.23. The van der Waals surface area contributed by atoms with Crippen LogP contribution < -0.4 is 9.04 Å². The second-order valence-corrected chi connectivity index (χ2v) is 8.15. The molecule has 9 heteroatoms. The predicted octanol–water partition coefficient (Wildman–Crippen LogP) is 2.67. The van der Waals surface area contributed by atoms with E-state index in [2.05, 4.69) is 4.98 Å². The molecule has 0 bridgehead atoms. The highest BCUT2D eigenvalue weighted by molar-refractivity contribution is 7.93. The van der Waals surface area contributed by atoms with Crippen molar-refractivity contribution in [1.29, 1.82) is 0 Å². The maximum Gasteiger partial charge on any atom is 0.308 e. The summed E-state index contributed by atoms with van der Waals surface area (Å²) in [6.07, 6.45) is 0.410. The first kappa shape index (κ1) is 17.3. The summed E-state index contributed by atoms with van der Waals surface area (Å²) in [5.74, 6) is -1.82. The lowest BCUT2D eigenvalue weighted by Crippen LogP contribution is -2.25. The van der Waals surface area contributed by atoms with Crippen LogP contribution >= 0.6 is 0 Å². The molecule has 2 aromatic heterocycles. The first-order chi connectivity index (χ1) is 12.9. The molecule has 1 fully saturated rings. The summed E-state index contributed by atoms with van der Waals surface area (Å²) in [6.45, 7) is 1.33. The Kier molecular flexibility index (Phi) is 4.03. The summed E-state index contributed by atoms with van der Waals surface area (Å²) in [6, 6.07) is 10.8. The number of carbonyl (C=O) groups excluding carboxylic acids is 1. The van der Waals surface area contributed by atoms with Crippen molar-refractivity contribution in [3.05, 3.63) is 36.4 Å². The zero-order chi connectivity index (χ0) is 19.2. The van der Waals surface area contributed by atoms with Gasteiger partial charge in [0.2, 0.25) is 27.3 Å². The van der Waals surface area contributed by atoms with Crippen molar-refractivity contribution in [2.24, 2.45) is 0 Å². The number of aromatic hydroxyl groups is 1. The van der Waals surface area contributed by atoms with Gasteiger partial charge in [-0.1, -0.05) is 24.3 Å². The van der Waals surface area contributed by atoms with Gasteiger partial charge < -0.3 is 14.3 Å². The molecule has 1 aromatic carbocycles. The SMILES string of the molecule is CC(=O)Oc1c(N2CCCS2(=O)=O)oc(-c2ccc3ccccc3n2)c1O. The quantitative estimate of drug-likeness (QED) is 0.687. The van der Waals surface area contributed by atoms with E-state index in [0.29, 0.717) is 17.6 Å². The maximum absolute atomic E-state index is 12.3. The molecule has 4 rings (SSSR count). The van der Waals surface area contributed by atoms with Crippen LogP contribution in [-0.2, 0) is 14.8 Å². The Morgan fingerprint density at radius 2 is 2.04 bits per heavy atom. The number of carbonyl (C=O) groups is 1. The zero-order valence-electron chi connectivity index (χ0n) is 14.4. The molecule has 3 heterocycles. The minimum Gasteiger partial charge on any atom is -0.501 e.